The minimum Gasteiger partial charge on any atom is -0.481 e. The van der Waals surface area contributed by atoms with Gasteiger partial charge in [0.2, 0.25) is 0 Å². The third-order valence-electron chi connectivity index (χ3n) is 2.11. The van der Waals surface area contributed by atoms with Crippen LogP contribution in [0.5, 0.6) is 0 Å². The number of aliphatic hydroxyl groups excluding tert-OH is 1. The molecule has 0 spiro atoms. The second kappa shape index (κ2) is 5.16. The fourth-order valence-corrected chi connectivity index (χ4v) is 1.20. The van der Waals surface area contributed by atoms with E-state index in [1.165, 1.54) is 12.1 Å². The van der Waals surface area contributed by atoms with Crippen LogP contribution in [0.4, 0.5) is 5.69 Å². The summed E-state index contributed by atoms with van der Waals surface area (Å²) in [5, 5.41) is 19.9. The minimum atomic E-state index is -0.467. The van der Waals surface area contributed by atoms with Crippen molar-refractivity contribution in [3.05, 3.63) is 45.9 Å². The van der Waals surface area contributed by atoms with Gasteiger partial charge in [0.1, 0.15) is 0 Å². The van der Waals surface area contributed by atoms with Crippen LogP contribution >= 0.6 is 0 Å². The van der Waals surface area contributed by atoms with E-state index in [1.807, 2.05) is 0 Å². The number of nitro groups is 1. The van der Waals surface area contributed by atoms with Crippen molar-refractivity contribution in [3.8, 4) is 0 Å². The first-order valence-corrected chi connectivity index (χ1v) is 4.83. The standard InChI is InChI=1S/C11H13NO4/c1-3-16-11(13)8(2)9-4-6-10(7-5-9)12(14)15/h4-7,13H,3H2,1-2H3/b11-8-. The van der Waals surface area contributed by atoms with E-state index in [2.05, 4.69) is 0 Å². The molecule has 5 nitrogen and oxygen atoms in total. The highest BCUT2D eigenvalue weighted by molar-refractivity contribution is 5.65. The third kappa shape index (κ3) is 2.73. The molecule has 1 aromatic carbocycles. The SMILES string of the molecule is CCO/C(O)=C(/C)c1ccc([N+](=O)[O-])cc1. The number of aliphatic hydroxyl groups is 1. The van der Waals surface area contributed by atoms with Gasteiger partial charge in [-0.05, 0) is 31.5 Å². The summed E-state index contributed by atoms with van der Waals surface area (Å²) in [6, 6.07) is 5.92. The van der Waals surface area contributed by atoms with E-state index in [-0.39, 0.29) is 11.6 Å². The fourth-order valence-electron chi connectivity index (χ4n) is 1.20. The number of benzene rings is 1. The number of nitro benzene ring substituents is 1. The summed E-state index contributed by atoms with van der Waals surface area (Å²) in [5.74, 6) is -0.156. The number of nitrogens with zero attached hydrogens (tertiary/aromatic N) is 1. The number of allylic oxidation sites excluding steroid dienone is 1. The van der Waals surface area contributed by atoms with E-state index in [1.54, 1.807) is 26.0 Å². The zero-order valence-corrected chi connectivity index (χ0v) is 9.14. The van der Waals surface area contributed by atoms with Gasteiger partial charge in [0, 0.05) is 17.7 Å². The van der Waals surface area contributed by atoms with Crippen molar-refractivity contribution in [3.63, 3.8) is 0 Å². The molecule has 0 aliphatic rings. The lowest BCUT2D eigenvalue weighted by atomic mass is 10.1. The van der Waals surface area contributed by atoms with Crippen molar-refractivity contribution in [2.24, 2.45) is 0 Å². The highest BCUT2D eigenvalue weighted by Gasteiger charge is 2.08. The Balaban J connectivity index is 2.97. The quantitative estimate of drug-likeness (QED) is 0.484. The molecule has 16 heavy (non-hydrogen) atoms. The Bertz CT molecular complexity index is 408. The summed E-state index contributed by atoms with van der Waals surface area (Å²) in [7, 11) is 0. The van der Waals surface area contributed by atoms with Crippen LogP contribution in [-0.4, -0.2) is 16.6 Å². The summed E-state index contributed by atoms with van der Waals surface area (Å²) in [6.45, 7) is 3.82. The summed E-state index contributed by atoms with van der Waals surface area (Å²) in [6.07, 6.45) is 0. The molecular formula is C11H13NO4. The van der Waals surface area contributed by atoms with Crippen molar-refractivity contribution in [2.45, 2.75) is 13.8 Å². The predicted molar refractivity (Wildman–Crippen MR) is 59.9 cm³/mol. The Morgan fingerprint density at radius 2 is 2.00 bits per heavy atom. The molecule has 5 heteroatoms. The number of ether oxygens (including phenoxy) is 1. The summed E-state index contributed by atoms with van der Waals surface area (Å²) < 4.78 is 4.94. The zero-order valence-electron chi connectivity index (χ0n) is 9.14. The zero-order chi connectivity index (χ0) is 12.1. The van der Waals surface area contributed by atoms with E-state index >= 15 is 0 Å². The van der Waals surface area contributed by atoms with Gasteiger partial charge in [0.25, 0.3) is 11.6 Å². The Morgan fingerprint density at radius 3 is 2.44 bits per heavy atom. The Hall–Kier alpha value is -2.04. The van der Waals surface area contributed by atoms with Crippen LogP contribution in [0.1, 0.15) is 19.4 Å². The maximum atomic E-state index is 10.4. The molecule has 0 radical (unpaired) electrons. The molecule has 0 saturated heterocycles. The first kappa shape index (κ1) is 12.0. The first-order chi connectivity index (χ1) is 7.56. The average molecular weight is 223 g/mol. The van der Waals surface area contributed by atoms with Crippen LogP contribution in [0.15, 0.2) is 30.2 Å². The van der Waals surface area contributed by atoms with Gasteiger partial charge in [-0.1, -0.05) is 0 Å². The first-order valence-electron chi connectivity index (χ1n) is 4.83. The van der Waals surface area contributed by atoms with Crippen LogP contribution in [0, 0.1) is 10.1 Å². The van der Waals surface area contributed by atoms with E-state index in [9.17, 15) is 15.2 Å². The van der Waals surface area contributed by atoms with Crippen LogP contribution in [0.25, 0.3) is 5.57 Å². The molecule has 0 saturated carbocycles. The topological polar surface area (TPSA) is 72.6 Å². The van der Waals surface area contributed by atoms with E-state index < -0.39 is 4.92 Å². The summed E-state index contributed by atoms with van der Waals surface area (Å²) in [5.41, 5.74) is 1.26. The van der Waals surface area contributed by atoms with Crippen LogP contribution in [0.3, 0.4) is 0 Å². The van der Waals surface area contributed by atoms with Crippen molar-refractivity contribution in [1.82, 2.24) is 0 Å². The van der Waals surface area contributed by atoms with Crippen LogP contribution in [-0.2, 0) is 4.74 Å². The van der Waals surface area contributed by atoms with Gasteiger partial charge in [-0.2, -0.15) is 0 Å². The van der Waals surface area contributed by atoms with E-state index in [0.717, 1.165) is 0 Å². The third-order valence-corrected chi connectivity index (χ3v) is 2.11. The average Bonchev–Trinajstić information content (AvgIpc) is 2.28. The van der Waals surface area contributed by atoms with Crippen molar-refractivity contribution in [1.29, 1.82) is 0 Å². The molecule has 1 aromatic rings. The van der Waals surface area contributed by atoms with Gasteiger partial charge in [-0.3, -0.25) is 10.1 Å². The minimum absolute atomic E-state index is 0.0208. The van der Waals surface area contributed by atoms with Crippen molar-refractivity contribution < 1.29 is 14.8 Å². The molecule has 1 rings (SSSR count). The largest absolute Gasteiger partial charge is 0.481 e. The van der Waals surface area contributed by atoms with Gasteiger partial charge in [0.15, 0.2) is 0 Å². The van der Waals surface area contributed by atoms with Crippen molar-refractivity contribution in [2.75, 3.05) is 6.61 Å². The highest BCUT2D eigenvalue weighted by Crippen LogP contribution is 2.20. The van der Waals surface area contributed by atoms with Gasteiger partial charge < -0.3 is 9.84 Å². The maximum Gasteiger partial charge on any atom is 0.280 e. The Labute approximate surface area is 93.1 Å². The normalized spacial score (nSPS) is 11.9. The number of hydrogen-bond donors (Lipinski definition) is 1. The molecule has 0 atom stereocenters. The molecular weight excluding hydrogens is 210 g/mol. The summed E-state index contributed by atoms with van der Waals surface area (Å²) >= 11 is 0. The van der Waals surface area contributed by atoms with Crippen LogP contribution in [0.2, 0.25) is 0 Å². The lowest BCUT2D eigenvalue weighted by Gasteiger charge is -2.06. The van der Waals surface area contributed by atoms with Crippen molar-refractivity contribution >= 4 is 11.3 Å². The second-order valence-electron chi connectivity index (χ2n) is 3.17. The Morgan fingerprint density at radius 1 is 1.44 bits per heavy atom. The van der Waals surface area contributed by atoms with Gasteiger partial charge in [0.05, 0.1) is 11.5 Å². The lowest BCUT2D eigenvalue weighted by Crippen LogP contribution is -1.94. The maximum absolute atomic E-state index is 10.4. The predicted octanol–water partition coefficient (Wildman–Crippen LogP) is 2.88. The van der Waals surface area contributed by atoms with Gasteiger partial charge in [-0.15, -0.1) is 0 Å². The monoisotopic (exact) mass is 223 g/mol. The smallest absolute Gasteiger partial charge is 0.280 e. The summed E-state index contributed by atoms with van der Waals surface area (Å²) in [4.78, 5) is 9.97. The molecule has 86 valence electrons. The number of non-ortho nitro benzene ring substituents is 1. The van der Waals surface area contributed by atoms with Gasteiger partial charge in [-0.25, -0.2) is 0 Å². The molecule has 0 aliphatic carbocycles. The molecule has 1 N–H and O–H groups in total. The molecule has 0 bridgehead atoms. The van der Waals surface area contributed by atoms with Gasteiger partial charge >= 0.3 is 0 Å². The number of rotatable bonds is 4. The molecule has 0 fully saturated rings. The molecule has 0 aliphatic heterocycles. The fraction of sp³-hybridized carbons (Fsp3) is 0.273. The van der Waals surface area contributed by atoms with Crippen LogP contribution < -0.4 is 0 Å². The molecule has 0 aromatic heterocycles. The van der Waals surface area contributed by atoms with E-state index in [0.29, 0.717) is 17.7 Å². The molecule has 0 unspecified atom stereocenters. The van der Waals surface area contributed by atoms with E-state index in [4.69, 9.17) is 4.74 Å². The molecule has 0 heterocycles. The molecule has 0 amide bonds. The highest BCUT2D eigenvalue weighted by atomic mass is 16.6. The number of hydrogen-bond acceptors (Lipinski definition) is 4. The lowest BCUT2D eigenvalue weighted by molar-refractivity contribution is -0.384. The Kier molecular flexibility index (Phi) is 3.88. The second-order valence-corrected chi connectivity index (χ2v) is 3.17.